The largest absolute Gasteiger partial charge is 0.389 e. The Balaban J connectivity index is 1.87. The van der Waals surface area contributed by atoms with Gasteiger partial charge in [0.1, 0.15) is 5.51 Å². The smallest absolute Gasteiger partial charge is 0.229 e. The highest BCUT2D eigenvalue weighted by Gasteiger charge is 2.33. The van der Waals surface area contributed by atoms with E-state index in [9.17, 15) is 9.90 Å². The quantitative estimate of drug-likeness (QED) is 0.812. The van der Waals surface area contributed by atoms with E-state index in [1.165, 1.54) is 11.3 Å². The molecule has 1 aromatic rings. The minimum Gasteiger partial charge on any atom is -0.389 e. The molecule has 1 aliphatic carbocycles. The lowest BCUT2D eigenvalue weighted by molar-refractivity contribution is -0.120. The summed E-state index contributed by atoms with van der Waals surface area (Å²) in [5.74, 6) is -0.184. The summed E-state index contributed by atoms with van der Waals surface area (Å²) in [4.78, 5) is 11.5. The van der Waals surface area contributed by atoms with Gasteiger partial charge in [0.2, 0.25) is 11.0 Å². The molecule has 1 amide bonds. The predicted octanol–water partition coefficient (Wildman–Crippen LogP) is 1.17. The van der Waals surface area contributed by atoms with E-state index in [-0.39, 0.29) is 12.3 Å². The first-order chi connectivity index (χ1) is 7.18. The van der Waals surface area contributed by atoms with Gasteiger partial charge in [-0.3, -0.25) is 4.79 Å². The summed E-state index contributed by atoms with van der Waals surface area (Å²) in [6.07, 6.45) is 3.60. The van der Waals surface area contributed by atoms with E-state index < -0.39 is 5.60 Å². The van der Waals surface area contributed by atoms with Gasteiger partial charge < -0.3 is 10.4 Å². The van der Waals surface area contributed by atoms with Crippen molar-refractivity contribution in [3.05, 3.63) is 5.51 Å². The zero-order valence-electron chi connectivity index (χ0n) is 8.27. The average molecular weight is 227 g/mol. The van der Waals surface area contributed by atoms with Crippen LogP contribution in [-0.4, -0.2) is 26.8 Å². The molecule has 1 saturated carbocycles. The summed E-state index contributed by atoms with van der Waals surface area (Å²) >= 11 is 1.27. The second kappa shape index (κ2) is 4.24. The second-order valence-corrected chi connectivity index (χ2v) is 4.73. The van der Waals surface area contributed by atoms with Crippen molar-refractivity contribution in [1.82, 2.24) is 10.2 Å². The monoisotopic (exact) mass is 227 g/mol. The van der Waals surface area contributed by atoms with Crippen LogP contribution in [0.5, 0.6) is 0 Å². The van der Waals surface area contributed by atoms with Gasteiger partial charge in [0, 0.05) is 0 Å². The van der Waals surface area contributed by atoms with Crippen molar-refractivity contribution in [2.45, 2.75) is 37.7 Å². The highest BCUT2D eigenvalue weighted by Crippen LogP contribution is 2.32. The number of hydrogen-bond donors (Lipinski definition) is 2. The highest BCUT2D eigenvalue weighted by atomic mass is 32.1. The molecular weight excluding hydrogens is 214 g/mol. The molecule has 0 radical (unpaired) electrons. The van der Waals surface area contributed by atoms with Gasteiger partial charge in [-0.05, 0) is 12.8 Å². The summed E-state index contributed by atoms with van der Waals surface area (Å²) in [6.45, 7) is 0. The Labute approximate surface area is 91.5 Å². The van der Waals surface area contributed by atoms with Crippen LogP contribution in [0.15, 0.2) is 5.51 Å². The topological polar surface area (TPSA) is 75.1 Å². The number of aromatic nitrogens is 2. The number of rotatable bonds is 3. The number of anilines is 1. The van der Waals surface area contributed by atoms with Gasteiger partial charge in [-0.15, -0.1) is 10.2 Å². The molecule has 1 heterocycles. The highest BCUT2D eigenvalue weighted by molar-refractivity contribution is 7.13. The lowest BCUT2D eigenvalue weighted by Crippen LogP contribution is -2.30. The van der Waals surface area contributed by atoms with Crippen LogP contribution in [0.4, 0.5) is 5.13 Å². The molecule has 0 atom stereocenters. The summed E-state index contributed by atoms with van der Waals surface area (Å²) in [5.41, 5.74) is 0.759. The fraction of sp³-hybridized carbons (Fsp3) is 0.667. The van der Waals surface area contributed by atoms with Gasteiger partial charge in [-0.25, -0.2) is 0 Å². The molecular formula is C9H13N3O2S. The van der Waals surface area contributed by atoms with Crippen molar-refractivity contribution in [3.8, 4) is 0 Å². The van der Waals surface area contributed by atoms with Crippen LogP contribution in [0.25, 0.3) is 0 Å². The average Bonchev–Trinajstić information content (AvgIpc) is 2.76. The summed E-state index contributed by atoms with van der Waals surface area (Å²) in [6, 6.07) is 0. The molecule has 0 unspecified atom stereocenters. The molecule has 0 bridgehead atoms. The molecule has 0 aromatic carbocycles. The fourth-order valence-electron chi connectivity index (χ4n) is 1.90. The molecule has 1 aromatic heterocycles. The van der Waals surface area contributed by atoms with Gasteiger partial charge in [-0.2, -0.15) is 0 Å². The fourth-order valence-corrected chi connectivity index (χ4v) is 2.36. The van der Waals surface area contributed by atoms with Crippen molar-refractivity contribution in [2.24, 2.45) is 0 Å². The van der Waals surface area contributed by atoms with E-state index in [1.54, 1.807) is 5.51 Å². The van der Waals surface area contributed by atoms with Gasteiger partial charge in [0.25, 0.3) is 0 Å². The van der Waals surface area contributed by atoms with E-state index in [0.29, 0.717) is 5.13 Å². The molecule has 2 N–H and O–H groups in total. The number of aliphatic hydroxyl groups is 1. The molecule has 0 saturated heterocycles. The maximum absolute atomic E-state index is 11.5. The van der Waals surface area contributed by atoms with Gasteiger partial charge in [-0.1, -0.05) is 24.2 Å². The Morgan fingerprint density at radius 1 is 1.60 bits per heavy atom. The van der Waals surface area contributed by atoms with Crippen LogP contribution in [0, 0.1) is 0 Å². The Hall–Kier alpha value is -1.01. The van der Waals surface area contributed by atoms with Crippen LogP contribution in [0.2, 0.25) is 0 Å². The number of hydrogen-bond acceptors (Lipinski definition) is 5. The Morgan fingerprint density at radius 3 is 2.93 bits per heavy atom. The third-order valence-electron chi connectivity index (χ3n) is 2.63. The normalized spacial score (nSPS) is 19.0. The minimum absolute atomic E-state index is 0.159. The van der Waals surface area contributed by atoms with Gasteiger partial charge >= 0.3 is 0 Å². The molecule has 1 fully saturated rings. The summed E-state index contributed by atoms with van der Waals surface area (Å²) < 4.78 is 0. The predicted molar refractivity (Wildman–Crippen MR) is 56.6 cm³/mol. The van der Waals surface area contributed by atoms with Gasteiger partial charge in [0.05, 0.1) is 12.0 Å². The first-order valence-corrected chi connectivity index (χ1v) is 5.84. The van der Waals surface area contributed by atoms with Crippen molar-refractivity contribution in [1.29, 1.82) is 0 Å². The standard InChI is InChI=1S/C9H13N3O2S/c13-7(11-8-12-10-6-15-8)5-9(14)3-1-2-4-9/h6,14H,1-5H2,(H,11,12,13). The molecule has 15 heavy (non-hydrogen) atoms. The zero-order chi connectivity index (χ0) is 10.7. The Kier molecular flexibility index (Phi) is 2.97. The third kappa shape index (κ3) is 2.73. The van der Waals surface area contributed by atoms with Crippen molar-refractivity contribution < 1.29 is 9.90 Å². The van der Waals surface area contributed by atoms with Crippen LogP contribution in [-0.2, 0) is 4.79 Å². The van der Waals surface area contributed by atoms with E-state index in [2.05, 4.69) is 15.5 Å². The maximum Gasteiger partial charge on any atom is 0.229 e. The molecule has 82 valence electrons. The van der Waals surface area contributed by atoms with Crippen molar-refractivity contribution in [2.75, 3.05) is 5.32 Å². The summed E-state index contributed by atoms with van der Waals surface area (Å²) in [7, 11) is 0. The number of nitrogens with zero attached hydrogens (tertiary/aromatic N) is 2. The van der Waals surface area contributed by atoms with Crippen LogP contribution in [0.1, 0.15) is 32.1 Å². The Morgan fingerprint density at radius 2 is 2.33 bits per heavy atom. The van der Waals surface area contributed by atoms with Crippen molar-refractivity contribution in [3.63, 3.8) is 0 Å². The first-order valence-electron chi connectivity index (χ1n) is 4.96. The zero-order valence-corrected chi connectivity index (χ0v) is 9.09. The van der Waals surface area contributed by atoms with Crippen LogP contribution in [0.3, 0.4) is 0 Å². The SMILES string of the molecule is O=C(CC1(O)CCCC1)Nc1nncs1. The third-order valence-corrected chi connectivity index (χ3v) is 3.24. The van der Waals surface area contributed by atoms with E-state index in [0.717, 1.165) is 25.7 Å². The first kappa shape index (κ1) is 10.5. The number of carbonyl (C=O) groups is 1. The summed E-state index contributed by atoms with van der Waals surface area (Å²) in [5, 5.41) is 20.4. The number of carbonyl (C=O) groups excluding carboxylic acids is 1. The van der Waals surface area contributed by atoms with Crippen LogP contribution < -0.4 is 5.32 Å². The van der Waals surface area contributed by atoms with Crippen molar-refractivity contribution >= 4 is 22.4 Å². The molecule has 0 spiro atoms. The maximum atomic E-state index is 11.5. The van der Waals surface area contributed by atoms with E-state index in [1.807, 2.05) is 0 Å². The molecule has 6 heteroatoms. The number of amides is 1. The second-order valence-electron chi connectivity index (χ2n) is 3.90. The van der Waals surface area contributed by atoms with Crippen LogP contribution >= 0.6 is 11.3 Å². The lowest BCUT2D eigenvalue weighted by Gasteiger charge is -2.20. The minimum atomic E-state index is -0.797. The Bertz CT molecular complexity index is 333. The molecule has 0 aliphatic heterocycles. The van der Waals surface area contributed by atoms with E-state index >= 15 is 0 Å². The molecule has 1 aliphatic rings. The lowest BCUT2D eigenvalue weighted by atomic mass is 9.98. The van der Waals surface area contributed by atoms with E-state index in [4.69, 9.17) is 0 Å². The molecule has 5 nitrogen and oxygen atoms in total. The molecule has 2 rings (SSSR count). The van der Waals surface area contributed by atoms with Gasteiger partial charge in [0.15, 0.2) is 0 Å². The number of nitrogens with one attached hydrogen (secondary N) is 1.